The average molecular weight is 397 g/mol. The van der Waals surface area contributed by atoms with Gasteiger partial charge in [0.2, 0.25) is 0 Å². The summed E-state index contributed by atoms with van der Waals surface area (Å²) in [6, 6.07) is 40.4. The lowest BCUT2D eigenvalue weighted by Gasteiger charge is -2.30. The van der Waals surface area contributed by atoms with Crippen molar-refractivity contribution in [3.8, 4) is 0 Å². The second-order valence-corrected chi connectivity index (χ2v) is 8.33. The highest BCUT2D eigenvalue weighted by molar-refractivity contribution is 6.24. The lowest BCUT2D eigenvalue weighted by molar-refractivity contribution is 0.595. The van der Waals surface area contributed by atoms with Crippen LogP contribution in [0.15, 0.2) is 115 Å². The summed E-state index contributed by atoms with van der Waals surface area (Å²) in [5.74, 6) is 0. The Bertz CT molecular complexity index is 982. The lowest BCUT2D eigenvalue weighted by Crippen LogP contribution is -2.27. The maximum Gasteiger partial charge on any atom is 0.0778 e. The highest BCUT2D eigenvalue weighted by Crippen LogP contribution is 2.39. The summed E-state index contributed by atoms with van der Waals surface area (Å²) in [6.07, 6.45) is 2.46. The van der Waals surface area contributed by atoms with E-state index in [2.05, 4.69) is 115 Å². The van der Waals surface area contributed by atoms with E-state index in [4.69, 9.17) is 11.6 Å². The summed E-state index contributed by atoms with van der Waals surface area (Å²) >= 11 is 7.51. The molecule has 29 heavy (non-hydrogen) atoms. The third-order valence-corrected chi connectivity index (χ3v) is 5.86. The molecule has 0 aliphatic heterocycles. The molecule has 0 nitrogen and oxygen atoms in total. The van der Waals surface area contributed by atoms with E-state index in [-0.39, 0.29) is 0 Å². The highest BCUT2D eigenvalue weighted by atomic mass is 35.5. The monoisotopic (exact) mass is 396 g/mol. The fraction of sp³-hybridized carbons (Fsp3) is 0.143. The largest absolute Gasteiger partial charge is 0.113 e. The molecule has 4 aromatic rings. The Morgan fingerprint density at radius 3 is 1.41 bits per heavy atom. The second kappa shape index (κ2) is 9.11. The topological polar surface area (TPSA) is 0 Å². The summed E-state index contributed by atoms with van der Waals surface area (Å²) in [5.41, 5.74) is 6.33. The molecule has 0 heterocycles. The smallest absolute Gasteiger partial charge is 0.0778 e. The molecule has 0 saturated carbocycles. The summed E-state index contributed by atoms with van der Waals surface area (Å²) in [5, 5.41) is 0. The first-order valence-corrected chi connectivity index (χ1v) is 10.5. The summed E-state index contributed by atoms with van der Waals surface area (Å²) in [6.45, 7) is 0. The van der Waals surface area contributed by atoms with Gasteiger partial charge in [0, 0.05) is 0 Å². The van der Waals surface area contributed by atoms with Crippen LogP contribution in [0.4, 0.5) is 0 Å². The Morgan fingerprint density at radius 2 is 0.897 bits per heavy atom. The zero-order valence-electron chi connectivity index (χ0n) is 16.5. The average Bonchev–Trinajstić information content (AvgIpc) is 2.76. The molecule has 0 unspecified atom stereocenters. The van der Waals surface area contributed by atoms with Crippen LogP contribution < -0.4 is 0 Å². The van der Waals surface area contributed by atoms with E-state index in [1.807, 2.05) is 0 Å². The molecular weight excluding hydrogens is 372 g/mol. The van der Waals surface area contributed by atoms with Gasteiger partial charge in [-0.15, -0.1) is 11.6 Å². The van der Waals surface area contributed by atoms with Gasteiger partial charge in [-0.3, -0.25) is 0 Å². The van der Waals surface area contributed by atoms with Gasteiger partial charge in [-0.2, -0.15) is 0 Å². The fourth-order valence-electron chi connectivity index (χ4n) is 4.02. The first-order valence-electron chi connectivity index (χ1n) is 10.1. The van der Waals surface area contributed by atoms with Gasteiger partial charge >= 0.3 is 0 Å². The van der Waals surface area contributed by atoms with Gasteiger partial charge in [-0.1, -0.05) is 115 Å². The van der Waals surface area contributed by atoms with Gasteiger partial charge in [-0.25, -0.2) is 0 Å². The lowest BCUT2D eigenvalue weighted by atomic mass is 9.82. The molecule has 4 aromatic carbocycles. The minimum absolute atomic E-state index is 0.506. The van der Waals surface area contributed by atoms with Crippen molar-refractivity contribution < 1.29 is 0 Å². The van der Waals surface area contributed by atoms with Crippen LogP contribution in [-0.4, -0.2) is 0 Å². The molecule has 0 aliphatic carbocycles. The molecule has 0 aliphatic rings. The fourth-order valence-corrected chi connectivity index (χ4v) is 4.51. The second-order valence-electron chi connectivity index (χ2n) is 7.61. The quantitative estimate of drug-likeness (QED) is 0.290. The van der Waals surface area contributed by atoms with Crippen molar-refractivity contribution >= 4 is 11.6 Å². The Balaban J connectivity index is 1.74. The minimum atomic E-state index is -0.506. The third kappa shape index (κ3) is 4.96. The molecule has 144 valence electrons. The first kappa shape index (κ1) is 19.5. The van der Waals surface area contributed by atoms with Crippen molar-refractivity contribution in [1.82, 2.24) is 0 Å². The van der Waals surface area contributed by atoms with Gasteiger partial charge in [0.05, 0.1) is 4.87 Å². The minimum Gasteiger partial charge on any atom is -0.113 e. The van der Waals surface area contributed by atoms with E-state index in [9.17, 15) is 0 Å². The van der Waals surface area contributed by atoms with E-state index in [0.29, 0.717) is 0 Å². The van der Waals surface area contributed by atoms with Crippen LogP contribution in [0.3, 0.4) is 0 Å². The van der Waals surface area contributed by atoms with Gasteiger partial charge in [0.15, 0.2) is 0 Å². The van der Waals surface area contributed by atoms with E-state index in [1.54, 1.807) is 0 Å². The van der Waals surface area contributed by atoms with Crippen molar-refractivity contribution in [2.75, 3.05) is 0 Å². The molecule has 0 aromatic heterocycles. The van der Waals surface area contributed by atoms with Gasteiger partial charge in [0.25, 0.3) is 0 Å². The number of benzene rings is 4. The molecule has 0 atom stereocenters. The SMILES string of the molecule is ClC(Cc1ccccc1)(Cc1ccccc1)c1ccccc1Cc1ccccc1. The molecule has 0 N–H and O–H groups in total. The van der Waals surface area contributed by atoms with Crippen LogP contribution in [-0.2, 0) is 24.1 Å². The predicted molar refractivity (Wildman–Crippen MR) is 124 cm³/mol. The van der Waals surface area contributed by atoms with Crippen molar-refractivity contribution in [2.45, 2.75) is 24.1 Å². The molecule has 0 fully saturated rings. The molecule has 0 spiro atoms. The van der Waals surface area contributed by atoms with Crippen LogP contribution in [0.25, 0.3) is 0 Å². The van der Waals surface area contributed by atoms with E-state index >= 15 is 0 Å². The van der Waals surface area contributed by atoms with Crippen molar-refractivity contribution in [3.05, 3.63) is 143 Å². The van der Waals surface area contributed by atoms with E-state index in [1.165, 1.54) is 27.8 Å². The van der Waals surface area contributed by atoms with Crippen molar-refractivity contribution in [3.63, 3.8) is 0 Å². The summed E-state index contributed by atoms with van der Waals surface area (Å²) in [7, 11) is 0. The molecular formula is C28H25Cl. The van der Waals surface area contributed by atoms with Gasteiger partial charge in [-0.05, 0) is 47.1 Å². The van der Waals surface area contributed by atoms with Crippen molar-refractivity contribution in [2.24, 2.45) is 0 Å². The molecule has 0 saturated heterocycles. The zero-order valence-corrected chi connectivity index (χ0v) is 17.2. The van der Waals surface area contributed by atoms with Crippen LogP contribution in [0.2, 0.25) is 0 Å². The molecule has 0 amide bonds. The number of rotatable bonds is 7. The van der Waals surface area contributed by atoms with Gasteiger partial charge in [0.1, 0.15) is 0 Å². The summed E-state index contributed by atoms with van der Waals surface area (Å²) < 4.78 is 0. The number of hydrogen-bond acceptors (Lipinski definition) is 0. The maximum absolute atomic E-state index is 7.51. The third-order valence-electron chi connectivity index (χ3n) is 5.39. The Kier molecular flexibility index (Phi) is 6.12. The number of hydrogen-bond donors (Lipinski definition) is 0. The van der Waals surface area contributed by atoms with E-state index < -0.39 is 4.87 Å². The van der Waals surface area contributed by atoms with Crippen molar-refractivity contribution in [1.29, 1.82) is 0 Å². The predicted octanol–water partition coefficient (Wildman–Crippen LogP) is 7.20. The Morgan fingerprint density at radius 1 is 0.483 bits per heavy atom. The molecule has 0 radical (unpaired) electrons. The zero-order chi connectivity index (χ0) is 19.9. The maximum atomic E-state index is 7.51. The number of halogens is 1. The summed E-state index contributed by atoms with van der Waals surface area (Å²) in [4.78, 5) is -0.506. The normalized spacial score (nSPS) is 11.3. The van der Waals surface area contributed by atoms with E-state index in [0.717, 1.165) is 19.3 Å². The van der Waals surface area contributed by atoms with Gasteiger partial charge < -0.3 is 0 Å². The van der Waals surface area contributed by atoms with Crippen LogP contribution >= 0.6 is 11.6 Å². The standard InChI is InChI=1S/C28H25Cl/c29-28(21-24-14-6-2-7-15-24,22-25-16-8-3-9-17-25)27-19-11-10-18-26(27)20-23-12-4-1-5-13-23/h1-19H,20-22H2. The first-order chi connectivity index (χ1) is 14.2. The Hall–Kier alpha value is -2.83. The number of alkyl halides is 1. The van der Waals surface area contributed by atoms with Crippen LogP contribution in [0, 0.1) is 0 Å². The van der Waals surface area contributed by atoms with Crippen LogP contribution in [0.1, 0.15) is 27.8 Å². The molecule has 4 rings (SSSR count). The highest BCUT2D eigenvalue weighted by Gasteiger charge is 2.32. The Labute approximate surface area is 178 Å². The molecule has 0 bridgehead atoms. The van der Waals surface area contributed by atoms with Crippen LogP contribution in [0.5, 0.6) is 0 Å². The molecule has 1 heteroatoms.